The summed E-state index contributed by atoms with van der Waals surface area (Å²) in [6.45, 7) is 2.35. The average Bonchev–Trinajstić information content (AvgIpc) is 2.37. The molecule has 0 atom stereocenters. The Hall–Kier alpha value is -1.88. The molecule has 0 fully saturated rings. The highest BCUT2D eigenvalue weighted by molar-refractivity contribution is 7.90. The number of hydrogen-bond donors (Lipinski definition) is 1. The maximum Gasteiger partial charge on any atom is 0.175 e. The van der Waals surface area contributed by atoms with Gasteiger partial charge in [-0.1, -0.05) is 12.1 Å². The van der Waals surface area contributed by atoms with Crippen molar-refractivity contribution < 1.29 is 8.42 Å². The van der Waals surface area contributed by atoms with Crippen molar-refractivity contribution in [2.75, 3.05) is 11.6 Å². The average molecular weight is 276 g/mol. The Balaban J connectivity index is 2.18. The van der Waals surface area contributed by atoms with Crippen LogP contribution in [0.2, 0.25) is 0 Å². The van der Waals surface area contributed by atoms with Gasteiger partial charge in [-0.3, -0.25) is 4.98 Å². The fraction of sp³-hybridized carbons (Fsp3) is 0.214. The second kappa shape index (κ2) is 5.40. The summed E-state index contributed by atoms with van der Waals surface area (Å²) in [5.41, 5.74) is 2.44. The number of sulfone groups is 1. The molecule has 0 aliphatic carbocycles. The van der Waals surface area contributed by atoms with Crippen LogP contribution in [0.4, 0.5) is 5.69 Å². The molecular weight excluding hydrogens is 260 g/mol. The second-order valence-electron chi connectivity index (χ2n) is 4.43. The molecule has 1 heterocycles. The third-order valence-electron chi connectivity index (χ3n) is 2.79. The second-order valence-corrected chi connectivity index (χ2v) is 6.41. The highest BCUT2D eigenvalue weighted by Crippen LogP contribution is 2.20. The van der Waals surface area contributed by atoms with Crippen LogP contribution in [0.15, 0.2) is 47.5 Å². The van der Waals surface area contributed by atoms with E-state index in [1.165, 1.54) is 6.26 Å². The van der Waals surface area contributed by atoms with Gasteiger partial charge in [0.2, 0.25) is 0 Å². The van der Waals surface area contributed by atoms with Crippen LogP contribution >= 0.6 is 0 Å². The van der Waals surface area contributed by atoms with Gasteiger partial charge in [0.05, 0.1) is 17.1 Å². The number of aryl methyl sites for hydroxylation is 1. The van der Waals surface area contributed by atoms with Crippen LogP contribution in [0, 0.1) is 6.92 Å². The minimum absolute atomic E-state index is 0.360. The third kappa shape index (κ3) is 3.54. The monoisotopic (exact) mass is 276 g/mol. The molecule has 5 heteroatoms. The molecule has 0 spiro atoms. The molecule has 0 aliphatic heterocycles. The van der Waals surface area contributed by atoms with Crippen LogP contribution < -0.4 is 5.32 Å². The summed E-state index contributed by atoms with van der Waals surface area (Å²) in [5.74, 6) is 0. The number of nitrogens with zero attached hydrogens (tertiary/aromatic N) is 1. The highest BCUT2D eigenvalue weighted by Gasteiger charge is 2.11. The maximum absolute atomic E-state index is 11.6. The first-order chi connectivity index (χ1) is 8.97. The number of anilines is 1. The lowest BCUT2D eigenvalue weighted by Gasteiger charge is -2.09. The summed E-state index contributed by atoms with van der Waals surface area (Å²) < 4.78 is 23.3. The first-order valence-corrected chi connectivity index (χ1v) is 7.80. The molecule has 2 rings (SSSR count). The van der Waals surface area contributed by atoms with E-state index in [9.17, 15) is 8.42 Å². The smallest absolute Gasteiger partial charge is 0.175 e. The van der Waals surface area contributed by atoms with Gasteiger partial charge in [0.1, 0.15) is 0 Å². The summed E-state index contributed by atoms with van der Waals surface area (Å²) in [7, 11) is -3.19. The molecule has 1 aromatic heterocycles. The van der Waals surface area contributed by atoms with Gasteiger partial charge in [0.25, 0.3) is 0 Å². The lowest BCUT2D eigenvalue weighted by molar-refractivity contribution is 0.601. The lowest BCUT2D eigenvalue weighted by Crippen LogP contribution is -2.04. The zero-order valence-corrected chi connectivity index (χ0v) is 11.7. The standard InChI is InChI=1S/C14H16N2O2S/c1-11-6-7-12(9-14(11)19(2,17)18)16-10-13-5-3-4-8-15-13/h3-9,16H,10H2,1-2H3. The van der Waals surface area contributed by atoms with Gasteiger partial charge < -0.3 is 5.32 Å². The normalized spacial score (nSPS) is 11.3. The molecule has 0 saturated carbocycles. The molecule has 100 valence electrons. The van der Waals surface area contributed by atoms with Crippen LogP contribution in [0.5, 0.6) is 0 Å². The van der Waals surface area contributed by atoms with E-state index in [0.29, 0.717) is 11.4 Å². The topological polar surface area (TPSA) is 59.1 Å². The van der Waals surface area contributed by atoms with Crippen molar-refractivity contribution in [2.24, 2.45) is 0 Å². The molecule has 0 amide bonds. The highest BCUT2D eigenvalue weighted by atomic mass is 32.2. The molecule has 19 heavy (non-hydrogen) atoms. The summed E-state index contributed by atoms with van der Waals surface area (Å²) in [4.78, 5) is 4.56. The Labute approximate surface area is 113 Å². The van der Waals surface area contributed by atoms with E-state index in [1.54, 1.807) is 25.3 Å². The minimum Gasteiger partial charge on any atom is -0.379 e. The molecule has 4 nitrogen and oxygen atoms in total. The summed E-state index contributed by atoms with van der Waals surface area (Å²) in [6.07, 6.45) is 2.95. The van der Waals surface area contributed by atoms with E-state index in [0.717, 1.165) is 16.9 Å². The molecule has 2 aromatic rings. The fourth-order valence-corrected chi connectivity index (χ4v) is 2.80. The lowest BCUT2D eigenvalue weighted by atomic mass is 10.2. The first-order valence-electron chi connectivity index (χ1n) is 5.91. The number of nitrogens with one attached hydrogen (secondary N) is 1. The first kappa shape index (κ1) is 13.5. The van der Waals surface area contributed by atoms with E-state index >= 15 is 0 Å². The molecular formula is C14H16N2O2S. The van der Waals surface area contributed by atoms with Crippen LogP contribution in [-0.4, -0.2) is 19.7 Å². The fourth-order valence-electron chi connectivity index (χ4n) is 1.80. The van der Waals surface area contributed by atoms with Crippen molar-refractivity contribution in [3.8, 4) is 0 Å². The molecule has 1 aromatic carbocycles. The van der Waals surface area contributed by atoms with Gasteiger partial charge in [0.15, 0.2) is 9.84 Å². The van der Waals surface area contributed by atoms with Crippen LogP contribution in [0.1, 0.15) is 11.3 Å². The van der Waals surface area contributed by atoms with Crippen molar-refractivity contribution in [3.05, 3.63) is 53.9 Å². The quantitative estimate of drug-likeness (QED) is 0.931. The van der Waals surface area contributed by atoms with Crippen molar-refractivity contribution in [1.29, 1.82) is 0 Å². The van der Waals surface area contributed by atoms with E-state index in [-0.39, 0.29) is 0 Å². The number of hydrogen-bond acceptors (Lipinski definition) is 4. The largest absolute Gasteiger partial charge is 0.379 e. The van der Waals surface area contributed by atoms with E-state index in [1.807, 2.05) is 24.3 Å². The summed E-state index contributed by atoms with van der Waals surface area (Å²) in [5, 5.41) is 3.17. The molecule has 1 N–H and O–H groups in total. The number of aromatic nitrogens is 1. The van der Waals surface area contributed by atoms with E-state index in [2.05, 4.69) is 10.3 Å². The number of benzene rings is 1. The Bertz CT molecular complexity index is 667. The predicted octanol–water partition coefficient (Wildman–Crippen LogP) is 2.41. The zero-order valence-electron chi connectivity index (χ0n) is 10.9. The predicted molar refractivity (Wildman–Crippen MR) is 75.9 cm³/mol. The third-order valence-corrected chi connectivity index (χ3v) is 4.03. The minimum atomic E-state index is -3.19. The Kier molecular flexibility index (Phi) is 3.85. The van der Waals surface area contributed by atoms with E-state index in [4.69, 9.17) is 0 Å². The van der Waals surface area contributed by atoms with Crippen molar-refractivity contribution >= 4 is 15.5 Å². The molecule has 0 bridgehead atoms. The molecule has 0 radical (unpaired) electrons. The molecule has 0 aliphatic rings. The summed E-state index contributed by atoms with van der Waals surface area (Å²) in [6, 6.07) is 11.0. The molecule has 0 saturated heterocycles. The maximum atomic E-state index is 11.6. The Morgan fingerprint density at radius 1 is 1.21 bits per heavy atom. The van der Waals surface area contributed by atoms with Gasteiger partial charge in [-0.05, 0) is 36.8 Å². The van der Waals surface area contributed by atoms with Crippen molar-refractivity contribution in [1.82, 2.24) is 4.98 Å². The van der Waals surface area contributed by atoms with Crippen LogP contribution in [-0.2, 0) is 16.4 Å². The summed E-state index contributed by atoms with van der Waals surface area (Å²) >= 11 is 0. The number of pyridine rings is 1. The SMILES string of the molecule is Cc1ccc(NCc2ccccn2)cc1S(C)(=O)=O. The van der Waals surface area contributed by atoms with Crippen molar-refractivity contribution in [2.45, 2.75) is 18.4 Å². The van der Waals surface area contributed by atoms with Crippen molar-refractivity contribution in [3.63, 3.8) is 0 Å². The number of rotatable bonds is 4. The van der Waals surface area contributed by atoms with Gasteiger partial charge in [-0.2, -0.15) is 0 Å². The van der Waals surface area contributed by atoms with Gasteiger partial charge in [-0.15, -0.1) is 0 Å². The van der Waals surface area contributed by atoms with Crippen LogP contribution in [0.3, 0.4) is 0 Å². The van der Waals surface area contributed by atoms with E-state index < -0.39 is 9.84 Å². The van der Waals surface area contributed by atoms with Gasteiger partial charge >= 0.3 is 0 Å². The molecule has 0 unspecified atom stereocenters. The van der Waals surface area contributed by atoms with Gasteiger partial charge in [0, 0.05) is 18.1 Å². The Morgan fingerprint density at radius 2 is 2.00 bits per heavy atom. The Morgan fingerprint density at radius 3 is 2.63 bits per heavy atom. The zero-order chi connectivity index (χ0) is 13.9. The van der Waals surface area contributed by atoms with Crippen LogP contribution in [0.25, 0.3) is 0 Å². The van der Waals surface area contributed by atoms with Gasteiger partial charge in [-0.25, -0.2) is 8.42 Å².